The minimum atomic E-state index is -0.258. The number of aromatic nitrogens is 2. The first-order valence-electron chi connectivity index (χ1n) is 8.64. The van der Waals surface area contributed by atoms with Crippen molar-refractivity contribution in [2.24, 2.45) is 0 Å². The van der Waals surface area contributed by atoms with Gasteiger partial charge in [0.1, 0.15) is 17.6 Å². The first-order chi connectivity index (χ1) is 13.6. The van der Waals surface area contributed by atoms with E-state index in [9.17, 15) is 4.79 Å². The molecule has 0 unspecified atom stereocenters. The molecule has 1 heterocycles. The Morgan fingerprint density at radius 3 is 2.75 bits per heavy atom. The highest BCUT2D eigenvalue weighted by atomic mass is 16.5. The number of methoxy groups -OCH3 is 2. The number of aromatic amines is 1. The first-order valence-corrected chi connectivity index (χ1v) is 8.64. The number of carbonyl (C=O) groups excluding carboxylic acids is 1. The molecule has 0 saturated carbocycles. The average molecular weight is 376 g/mol. The number of amides is 1. The second kappa shape index (κ2) is 8.27. The first kappa shape index (κ1) is 19.0. The van der Waals surface area contributed by atoms with Crippen molar-refractivity contribution in [1.29, 1.82) is 5.26 Å². The summed E-state index contributed by atoms with van der Waals surface area (Å²) in [6.07, 6.45) is 1.64. The highest BCUT2D eigenvalue weighted by Crippen LogP contribution is 2.29. The Bertz CT molecular complexity index is 1040. The summed E-state index contributed by atoms with van der Waals surface area (Å²) >= 11 is 0. The maximum Gasteiger partial charge on any atom is 0.255 e. The van der Waals surface area contributed by atoms with E-state index in [-0.39, 0.29) is 17.6 Å². The molecule has 1 atom stereocenters. The fourth-order valence-electron chi connectivity index (χ4n) is 2.91. The van der Waals surface area contributed by atoms with E-state index in [2.05, 4.69) is 15.5 Å². The van der Waals surface area contributed by atoms with E-state index in [4.69, 9.17) is 14.7 Å². The molecule has 2 aromatic carbocycles. The van der Waals surface area contributed by atoms with E-state index in [0.29, 0.717) is 16.9 Å². The third kappa shape index (κ3) is 3.81. The van der Waals surface area contributed by atoms with Gasteiger partial charge in [0.25, 0.3) is 5.91 Å². The molecule has 0 radical (unpaired) electrons. The van der Waals surface area contributed by atoms with Gasteiger partial charge in [-0.15, -0.1) is 0 Å². The molecule has 0 fully saturated rings. The van der Waals surface area contributed by atoms with Gasteiger partial charge in [0.2, 0.25) is 0 Å². The Morgan fingerprint density at radius 2 is 2.04 bits per heavy atom. The average Bonchev–Trinajstić information content (AvgIpc) is 3.22. The number of nitrogens with zero attached hydrogens (tertiary/aromatic N) is 2. The Hall–Kier alpha value is -3.79. The summed E-state index contributed by atoms with van der Waals surface area (Å²) < 4.78 is 10.6. The van der Waals surface area contributed by atoms with E-state index in [1.165, 1.54) is 7.11 Å². The lowest BCUT2D eigenvalue weighted by Gasteiger charge is -2.17. The number of carbonyl (C=O) groups is 1. The number of nitrogens with one attached hydrogen (secondary N) is 2. The van der Waals surface area contributed by atoms with Crippen molar-refractivity contribution in [1.82, 2.24) is 15.5 Å². The summed E-state index contributed by atoms with van der Waals surface area (Å²) in [6, 6.07) is 14.5. The molecule has 28 heavy (non-hydrogen) atoms. The molecule has 0 aliphatic carbocycles. The van der Waals surface area contributed by atoms with Gasteiger partial charge in [0.05, 0.1) is 25.8 Å². The quantitative estimate of drug-likeness (QED) is 0.686. The van der Waals surface area contributed by atoms with Crippen LogP contribution >= 0.6 is 0 Å². The highest BCUT2D eigenvalue weighted by Gasteiger charge is 2.18. The number of hydrogen-bond donors (Lipinski definition) is 2. The smallest absolute Gasteiger partial charge is 0.255 e. The summed E-state index contributed by atoms with van der Waals surface area (Å²) in [4.78, 5) is 12.8. The zero-order valence-corrected chi connectivity index (χ0v) is 15.8. The van der Waals surface area contributed by atoms with E-state index >= 15 is 0 Å². The molecule has 0 saturated heterocycles. The SMILES string of the molecule is COc1cccc([C@@H](C)NC(=O)c2ccc(-c3c[nH]nc3C#N)cc2OC)c1. The summed E-state index contributed by atoms with van der Waals surface area (Å²) in [6.45, 7) is 1.90. The molecule has 3 rings (SSSR count). The van der Waals surface area contributed by atoms with Gasteiger partial charge < -0.3 is 14.8 Å². The Kier molecular flexibility index (Phi) is 5.61. The number of nitriles is 1. The lowest BCUT2D eigenvalue weighted by Crippen LogP contribution is -2.27. The zero-order valence-electron chi connectivity index (χ0n) is 15.8. The van der Waals surface area contributed by atoms with Crippen molar-refractivity contribution in [3.05, 3.63) is 65.5 Å². The Morgan fingerprint density at radius 1 is 1.21 bits per heavy atom. The van der Waals surface area contributed by atoms with Gasteiger partial charge in [0, 0.05) is 11.8 Å². The highest BCUT2D eigenvalue weighted by molar-refractivity contribution is 5.98. The van der Waals surface area contributed by atoms with Crippen LogP contribution in [0.15, 0.2) is 48.7 Å². The van der Waals surface area contributed by atoms with Crippen LogP contribution in [0, 0.1) is 11.3 Å². The van der Waals surface area contributed by atoms with Crippen molar-refractivity contribution in [2.45, 2.75) is 13.0 Å². The molecule has 0 aliphatic rings. The molecular formula is C21H20N4O3. The molecule has 0 bridgehead atoms. The second-order valence-corrected chi connectivity index (χ2v) is 6.15. The molecule has 0 aliphatic heterocycles. The van der Waals surface area contributed by atoms with Crippen LogP contribution in [0.1, 0.15) is 34.6 Å². The third-order valence-electron chi connectivity index (χ3n) is 4.44. The predicted molar refractivity (Wildman–Crippen MR) is 104 cm³/mol. The standard InChI is InChI=1S/C21H20N4O3/c1-13(14-5-4-6-16(9-14)27-2)24-21(26)17-8-7-15(10-20(17)28-3)18-12-23-25-19(18)11-22/h4-10,12-13H,1-3H3,(H,23,25)(H,24,26)/t13-/m1/s1. The van der Waals surface area contributed by atoms with Crippen LogP contribution in [0.3, 0.4) is 0 Å². The van der Waals surface area contributed by atoms with Crippen molar-refractivity contribution in [2.75, 3.05) is 14.2 Å². The minimum Gasteiger partial charge on any atom is -0.497 e. The maximum atomic E-state index is 12.8. The summed E-state index contributed by atoms with van der Waals surface area (Å²) in [5.74, 6) is 0.887. The summed E-state index contributed by atoms with van der Waals surface area (Å²) in [5.41, 5.74) is 3.01. The number of rotatable bonds is 6. The molecule has 0 spiro atoms. The molecule has 7 heteroatoms. The lowest BCUT2D eigenvalue weighted by molar-refractivity contribution is 0.0937. The van der Waals surface area contributed by atoms with Crippen molar-refractivity contribution < 1.29 is 14.3 Å². The summed E-state index contributed by atoms with van der Waals surface area (Å²) in [5, 5.41) is 18.7. The summed E-state index contributed by atoms with van der Waals surface area (Å²) in [7, 11) is 3.11. The van der Waals surface area contributed by atoms with Gasteiger partial charge in [-0.2, -0.15) is 10.4 Å². The number of H-pyrrole nitrogens is 1. The normalized spacial score (nSPS) is 11.4. The van der Waals surface area contributed by atoms with Gasteiger partial charge in [-0.3, -0.25) is 9.89 Å². The number of hydrogen-bond acceptors (Lipinski definition) is 5. The van der Waals surface area contributed by atoms with E-state index < -0.39 is 0 Å². The molecule has 142 valence electrons. The number of benzene rings is 2. The van der Waals surface area contributed by atoms with E-state index in [1.54, 1.807) is 31.5 Å². The van der Waals surface area contributed by atoms with Gasteiger partial charge in [0.15, 0.2) is 5.69 Å². The van der Waals surface area contributed by atoms with Crippen LogP contribution in [0.2, 0.25) is 0 Å². The van der Waals surface area contributed by atoms with Crippen molar-refractivity contribution in [3.63, 3.8) is 0 Å². The Balaban J connectivity index is 1.84. The molecule has 3 aromatic rings. The second-order valence-electron chi connectivity index (χ2n) is 6.15. The minimum absolute atomic E-state index is 0.217. The Labute approximate surface area is 162 Å². The van der Waals surface area contributed by atoms with Crippen molar-refractivity contribution in [3.8, 4) is 28.7 Å². The van der Waals surface area contributed by atoms with Gasteiger partial charge in [-0.1, -0.05) is 18.2 Å². The fraction of sp³-hybridized carbons (Fsp3) is 0.190. The van der Waals surface area contributed by atoms with Crippen LogP contribution in [0.4, 0.5) is 0 Å². The van der Waals surface area contributed by atoms with Gasteiger partial charge >= 0.3 is 0 Å². The number of ether oxygens (including phenoxy) is 2. The van der Waals surface area contributed by atoms with Crippen LogP contribution in [-0.2, 0) is 0 Å². The molecular weight excluding hydrogens is 356 g/mol. The van der Waals surface area contributed by atoms with E-state index in [1.807, 2.05) is 37.3 Å². The van der Waals surface area contributed by atoms with Crippen LogP contribution < -0.4 is 14.8 Å². The van der Waals surface area contributed by atoms with Gasteiger partial charge in [-0.05, 0) is 42.3 Å². The fourth-order valence-corrected chi connectivity index (χ4v) is 2.91. The van der Waals surface area contributed by atoms with Gasteiger partial charge in [-0.25, -0.2) is 0 Å². The van der Waals surface area contributed by atoms with Crippen molar-refractivity contribution >= 4 is 5.91 Å². The maximum absolute atomic E-state index is 12.8. The monoisotopic (exact) mass is 376 g/mol. The van der Waals surface area contributed by atoms with E-state index in [0.717, 1.165) is 16.9 Å². The lowest BCUT2D eigenvalue weighted by atomic mass is 10.0. The molecule has 1 aromatic heterocycles. The van der Waals surface area contributed by atoms with Crippen LogP contribution in [0.5, 0.6) is 11.5 Å². The molecule has 7 nitrogen and oxygen atoms in total. The molecule has 2 N–H and O–H groups in total. The zero-order chi connectivity index (χ0) is 20.1. The largest absolute Gasteiger partial charge is 0.497 e. The van der Waals surface area contributed by atoms with Crippen LogP contribution in [-0.4, -0.2) is 30.3 Å². The molecule has 1 amide bonds. The predicted octanol–water partition coefficient (Wildman–Crippen LogP) is 3.46. The third-order valence-corrected chi connectivity index (χ3v) is 4.44. The van der Waals surface area contributed by atoms with Crippen LogP contribution in [0.25, 0.3) is 11.1 Å². The topological polar surface area (TPSA) is 100 Å².